The number of hydrogen-bond acceptors (Lipinski definition) is 4. The first kappa shape index (κ1) is 29.1. The molecule has 3 amide bonds. The van der Waals surface area contributed by atoms with Crippen molar-refractivity contribution in [2.45, 2.75) is 46.6 Å². The number of nitrogens with one attached hydrogen (secondary N) is 2. The number of nitrogens with zero attached hydrogens (tertiary/aromatic N) is 4. The predicted octanol–water partition coefficient (Wildman–Crippen LogP) is 6.39. The molecule has 0 radical (unpaired) electrons. The lowest BCUT2D eigenvalue weighted by molar-refractivity contribution is 0.0628. The van der Waals surface area contributed by atoms with Crippen LogP contribution in [0.3, 0.4) is 0 Å². The molecule has 42 heavy (non-hydrogen) atoms. The largest absolute Gasteiger partial charge is 0.336 e. The summed E-state index contributed by atoms with van der Waals surface area (Å²) in [6.45, 7) is 14.1. The van der Waals surface area contributed by atoms with E-state index in [0.29, 0.717) is 18.9 Å². The summed E-state index contributed by atoms with van der Waals surface area (Å²) in [5, 5.41) is 10.8. The molecule has 3 aromatic carbocycles. The van der Waals surface area contributed by atoms with Crippen LogP contribution < -0.4 is 10.6 Å². The molecule has 2 heterocycles. The summed E-state index contributed by atoms with van der Waals surface area (Å²) in [6.07, 6.45) is 0. The highest BCUT2D eigenvalue weighted by Crippen LogP contribution is 2.27. The average molecular weight is 565 g/mol. The number of piperazine rings is 1. The summed E-state index contributed by atoms with van der Waals surface area (Å²) in [4.78, 5) is 30.4. The molecule has 4 aromatic rings. The zero-order chi connectivity index (χ0) is 29.9. The standard InChI is InChI=1S/C34H40N6O2/c1-24-13-15-28(16-14-24)40-31(22-30(37-40)34(3,4)5)36-33(42)35-27-11-8-10-26(21-27)23-38-17-19-39(20-18-38)32(41)29-12-7-6-9-25(29)2/h6-16,21-22H,17-20,23H2,1-5H3,(H2,35,36,42). The van der Waals surface area contributed by atoms with E-state index in [9.17, 15) is 9.59 Å². The second-order valence-electron chi connectivity index (χ2n) is 12.1. The average Bonchev–Trinajstić information content (AvgIpc) is 3.38. The van der Waals surface area contributed by atoms with Crippen molar-refractivity contribution < 1.29 is 9.59 Å². The van der Waals surface area contributed by atoms with E-state index in [1.165, 1.54) is 0 Å². The van der Waals surface area contributed by atoms with Gasteiger partial charge in [0.1, 0.15) is 5.82 Å². The Morgan fingerprint density at radius 1 is 0.833 bits per heavy atom. The number of urea groups is 1. The highest BCUT2D eigenvalue weighted by molar-refractivity contribution is 5.99. The molecule has 0 unspecified atom stereocenters. The van der Waals surface area contributed by atoms with Gasteiger partial charge >= 0.3 is 6.03 Å². The van der Waals surface area contributed by atoms with Crippen molar-refractivity contribution in [3.63, 3.8) is 0 Å². The summed E-state index contributed by atoms with van der Waals surface area (Å²) >= 11 is 0. The van der Waals surface area contributed by atoms with E-state index >= 15 is 0 Å². The first-order valence-electron chi connectivity index (χ1n) is 14.5. The fraction of sp³-hybridized carbons (Fsp3) is 0.324. The lowest BCUT2D eigenvalue weighted by Crippen LogP contribution is -2.48. The Morgan fingerprint density at radius 2 is 1.55 bits per heavy atom. The summed E-state index contributed by atoms with van der Waals surface area (Å²) in [5.41, 5.74) is 6.37. The van der Waals surface area contributed by atoms with Gasteiger partial charge in [-0.25, -0.2) is 9.48 Å². The number of anilines is 2. The van der Waals surface area contributed by atoms with E-state index < -0.39 is 0 Å². The molecule has 8 nitrogen and oxygen atoms in total. The number of aromatic nitrogens is 2. The molecule has 1 aromatic heterocycles. The predicted molar refractivity (Wildman–Crippen MR) is 168 cm³/mol. The van der Waals surface area contributed by atoms with E-state index in [1.54, 1.807) is 4.68 Å². The number of carbonyl (C=O) groups excluding carboxylic acids is 2. The van der Waals surface area contributed by atoms with Crippen molar-refractivity contribution >= 4 is 23.4 Å². The van der Waals surface area contributed by atoms with Crippen LogP contribution in [-0.4, -0.2) is 57.7 Å². The van der Waals surface area contributed by atoms with Crippen LogP contribution in [0.2, 0.25) is 0 Å². The van der Waals surface area contributed by atoms with Gasteiger partial charge in [0.2, 0.25) is 0 Å². The molecule has 0 bridgehead atoms. The molecule has 1 saturated heterocycles. The van der Waals surface area contributed by atoms with Gasteiger partial charge in [-0.2, -0.15) is 5.10 Å². The molecular formula is C34H40N6O2. The Hall–Kier alpha value is -4.43. The lowest BCUT2D eigenvalue weighted by atomic mass is 9.92. The monoisotopic (exact) mass is 564 g/mol. The van der Waals surface area contributed by atoms with Crippen LogP contribution in [0.1, 0.15) is 53.5 Å². The van der Waals surface area contributed by atoms with Crippen LogP contribution in [0.25, 0.3) is 5.69 Å². The van der Waals surface area contributed by atoms with Crippen LogP contribution in [0.4, 0.5) is 16.3 Å². The van der Waals surface area contributed by atoms with E-state index in [-0.39, 0.29) is 17.4 Å². The second kappa shape index (κ2) is 12.2. The van der Waals surface area contributed by atoms with Gasteiger partial charge in [0.05, 0.1) is 11.4 Å². The minimum absolute atomic E-state index is 0.100. The van der Waals surface area contributed by atoms with Crippen LogP contribution >= 0.6 is 0 Å². The maximum Gasteiger partial charge on any atom is 0.324 e. The minimum Gasteiger partial charge on any atom is -0.336 e. The number of carbonyl (C=O) groups is 2. The Balaban J connectivity index is 1.20. The molecule has 0 atom stereocenters. The molecule has 218 valence electrons. The first-order valence-corrected chi connectivity index (χ1v) is 14.5. The molecule has 5 rings (SSSR count). The first-order chi connectivity index (χ1) is 20.1. The van der Waals surface area contributed by atoms with Crippen molar-refractivity contribution in [1.82, 2.24) is 19.6 Å². The lowest BCUT2D eigenvalue weighted by Gasteiger charge is -2.35. The highest BCUT2D eigenvalue weighted by Gasteiger charge is 2.24. The van der Waals surface area contributed by atoms with Gasteiger partial charge in [-0.15, -0.1) is 0 Å². The fourth-order valence-electron chi connectivity index (χ4n) is 5.10. The van der Waals surface area contributed by atoms with Gasteiger partial charge in [0.25, 0.3) is 5.91 Å². The van der Waals surface area contributed by atoms with E-state index in [2.05, 4.69) is 42.4 Å². The van der Waals surface area contributed by atoms with Crippen molar-refractivity contribution in [1.29, 1.82) is 0 Å². The van der Waals surface area contributed by atoms with E-state index in [1.807, 2.05) is 91.5 Å². The fourth-order valence-corrected chi connectivity index (χ4v) is 5.10. The number of amides is 3. The van der Waals surface area contributed by atoms with Crippen LogP contribution in [0, 0.1) is 13.8 Å². The molecule has 8 heteroatoms. The third-order valence-electron chi connectivity index (χ3n) is 7.62. The Kier molecular flexibility index (Phi) is 8.45. The molecule has 0 saturated carbocycles. The van der Waals surface area contributed by atoms with Crippen molar-refractivity contribution in [2.75, 3.05) is 36.8 Å². The summed E-state index contributed by atoms with van der Waals surface area (Å²) < 4.78 is 1.78. The molecule has 0 spiro atoms. The van der Waals surface area contributed by atoms with Crippen molar-refractivity contribution in [2.24, 2.45) is 0 Å². The van der Waals surface area contributed by atoms with Crippen molar-refractivity contribution in [3.05, 3.63) is 107 Å². The van der Waals surface area contributed by atoms with Gasteiger partial charge in [0.15, 0.2) is 0 Å². The van der Waals surface area contributed by atoms with Gasteiger partial charge in [-0.3, -0.25) is 15.0 Å². The SMILES string of the molecule is Cc1ccc(-n2nc(C(C)(C)C)cc2NC(=O)Nc2cccc(CN3CCN(C(=O)c4ccccc4C)CC3)c2)cc1. The zero-order valence-electron chi connectivity index (χ0n) is 25.1. The Morgan fingerprint density at radius 3 is 2.24 bits per heavy atom. The molecule has 0 aliphatic carbocycles. The third-order valence-corrected chi connectivity index (χ3v) is 7.62. The number of benzene rings is 3. The quantitative estimate of drug-likeness (QED) is 0.284. The minimum atomic E-state index is -0.329. The Labute approximate surface area is 248 Å². The topological polar surface area (TPSA) is 82.5 Å². The van der Waals surface area contributed by atoms with Crippen molar-refractivity contribution in [3.8, 4) is 5.69 Å². The van der Waals surface area contributed by atoms with E-state index in [4.69, 9.17) is 5.10 Å². The Bertz CT molecular complexity index is 1560. The highest BCUT2D eigenvalue weighted by atomic mass is 16.2. The van der Waals surface area contributed by atoms with Gasteiger partial charge in [-0.05, 0) is 55.3 Å². The number of rotatable bonds is 6. The van der Waals surface area contributed by atoms with Gasteiger partial charge in [0, 0.05) is 55.5 Å². The van der Waals surface area contributed by atoms with Crippen LogP contribution in [0.15, 0.2) is 78.9 Å². The maximum atomic E-state index is 13.1. The van der Waals surface area contributed by atoms with Gasteiger partial charge < -0.3 is 10.2 Å². The van der Waals surface area contributed by atoms with E-state index in [0.717, 1.165) is 59.0 Å². The normalized spacial score (nSPS) is 14.1. The second-order valence-corrected chi connectivity index (χ2v) is 12.1. The molecular weight excluding hydrogens is 524 g/mol. The van der Waals surface area contributed by atoms with Crippen LogP contribution in [0.5, 0.6) is 0 Å². The maximum absolute atomic E-state index is 13.1. The number of hydrogen-bond donors (Lipinski definition) is 2. The summed E-state index contributed by atoms with van der Waals surface area (Å²) in [7, 11) is 0. The summed E-state index contributed by atoms with van der Waals surface area (Å²) in [5.74, 6) is 0.707. The van der Waals surface area contributed by atoms with Gasteiger partial charge in [-0.1, -0.05) is 68.8 Å². The smallest absolute Gasteiger partial charge is 0.324 e. The summed E-state index contributed by atoms with van der Waals surface area (Å²) in [6, 6.07) is 25.3. The zero-order valence-corrected chi connectivity index (χ0v) is 25.1. The number of aryl methyl sites for hydroxylation is 2. The third kappa shape index (κ3) is 6.89. The molecule has 2 N–H and O–H groups in total. The molecule has 1 fully saturated rings. The molecule has 1 aliphatic heterocycles. The molecule has 1 aliphatic rings. The van der Waals surface area contributed by atoms with Crippen LogP contribution in [-0.2, 0) is 12.0 Å².